The number of benzene rings is 3. The number of nitrogens with zero attached hydrogens (tertiary/aromatic N) is 2. The highest BCUT2D eigenvalue weighted by molar-refractivity contribution is 8.00. The topological polar surface area (TPSA) is 92.6 Å². The van der Waals surface area contributed by atoms with Gasteiger partial charge < -0.3 is 5.32 Å². The molecule has 1 saturated heterocycles. The standard InChI is InChI=1S/C25H23N3O4S/c1-16(2)17-6-10-21(11-7-17)27-23(29)15-33-25(27)19-4-3-5-20(14-19)26-24(30)18-8-12-22(13-9-18)28(31)32/h3-14,16,25H,15H2,1-2H3,(H,26,30). The van der Waals surface area contributed by atoms with Crippen LogP contribution in [-0.4, -0.2) is 22.5 Å². The fourth-order valence-corrected chi connectivity index (χ4v) is 4.84. The summed E-state index contributed by atoms with van der Waals surface area (Å²) in [6.45, 7) is 4.26. The van der Waals surface area contributed by atoms with Gasteiger partial charge in [0.1, 0.15) is 5.37 Å². The molecule has 0 saturated carbocycles. The molecule has 0 aliphatic carbocycles. The van der Waals surface area contributed by atoms with Gasteiger partial charge in [-0.2, -0.15) is 0 Å². The maximum absolute atomic E-state index is 12.7. The number of nitro groups is 1. The summed E-state index contributed by atoms with van der Waals surface area (Å²) in [7, 11) is 0. The van der Waals surface area contributed by atoms with Gasteiger partial charge in [-0.25, -0.2) is 0 Å². The normalized spacial score (nSPS) is 15.7. The number of rotatable bonds is 6. The van der Waals surface area contributed by atoms with E-state index in [4.69, 9.17) is 0 Å². The van der Waals surface area contributed by atoms with Gasteiger partial charge in [-0.05, 0) is 53.4 Å². The minimum atomic E-state index is -0.506. The quantitative estimate of drug-likeness (QED) is 0.373. The zero-order valence-corrected chi connectivity index (χ0v) is 19.0. The van der Waals surface area contributed by atoms with Crippen molar-refractivity contribution in [1.82, 2.24) is 0 Å². The third-order valence-electron chi connectivity index (χ3n) is 5.48. The lowest BCUT2D eigenvalue weighted by molar-refractivity contribution is -0.384. The molecule has 3 aromatic rings. The van der Waals surface area contributed by atoms with Crippen molar-refractivity contribution in [3.8, 4) is 0 Å². The Bertz CT molecular complexity index is 1190. The van der Waals surface area contributed by atoms with E-state index in [1.54, 1.807) is 22.7 Å². The molecule has 0 spiro atoms. The number of hydrogen-bond acceptors (Lipinski definition) is 5. The minimum absolute atomic E-state index is 0.0441. The first-order valence-electron chi connectivity index (χ1n) is 10.5. The van der Waals surface area contributed by atoms with Crippen LogP contribution in [0.15, 0.2) is 72.8 Å². The summed E-state index contributed by atoms with van der Waals surface area (Å²) in [6, 6.07) is 20.9. The second kappa shape index (κ2) is 9.46. The van der Waals surface area contributed by atoms with E-state index in [0.29, 0.717) is 22.9 Å². The van der Waals surface area contributed by atoms with Gasteiger partial charge in [0.15, 0.2) is 0 Å². The Balaban J connectivity index is 1.54. The molecule has 1 fully saturated rings. The van der Waals surface area contributed by atoms with E-state index in [1.165, 1.54) is 29.8 Å². The van der Waals surface area contributed by atoms with E-state index in [9.17, 15) is 19.7 Å². The zero-order chi connectivity index (χ0) is 23.5. The fourth-order valence-electron chi connectivity index (χ4n) is 3.68. The number of carbonyl (C=O) groups excluding carboxylic acids is 2. The Hall–Kier alpha value is -3.65. The van der Waals surface area contributed by atoms with E-state index in [-0.39, 0.29) is 22.9 Å². The first kappa shape index (κ1) is 22.5. The Labute approximate surface area is 196 Å². The largest absolute Gasteiger partial charge is 0.322 e. The third kappa shape index (κ3) is 4.90. The van der Waals surface area contributed by atoms with Gasteiger partial charge in [0, 0.05) is 29.1 Å². The molecular formula is C25H23N3O4S. The second-order valence-corrected chi connectivity index (χ2v) is 9.13. The fraction of sp³-hybridized carbons (Fsp3) is 0.200. The molecule has 1 unspecified atom stereocenters. The number of nitro benzene ring substituents is 1. The molecule has 168 valence electrons. The lowest BCUT2D eigenvalue weighted by Gasteiger charge is -2.25. The Morgan fingerprint density at radius 1 is 1.09 bits per heavy atom. The average Bonchev–Trinajstić information content (AvgIpc) is 3.20. The molecular weight excluding hydrogens is 438 g/mol. The van der Waals surface area contributed by atoms with Crippen LogP contribution in [0.25, 0.3) is 0 Å². The molecule has 1 aliphatic heterocycles. The zero-order valence-electron chi connectivity index (χ0n) is 18.2. The van der Waals surface area contributed by atoms with Crippen LogP contribution < -0.4 is 10.2 Å². The lowest BCUT2D eigenvalue weighted by atomic mass is 10.0. The van der Waals surface area contributed by atoms with Crippen LogP contribution in [0.5, 0.6) is 0 Å². The van der Waals surface area contributed by atoms with Crippen LogP contribution in [0.4, 0.5) is 17.1 Å². The third-order valence-corrected chi connectivity index (χ3v) is 6.69. The molecule has 1 heterocycles. The monoisotopic (exact) mass is 461 g/mol. The number of non-ortho nitro benzene ring substituents is 1. The van der Waals surface area contributed by atoms with E-state index < -0.39 is 4.92 Å². The first-order chi connectivity index (χ1) is 15.8. The van der Waals surface area contributed by atoms with Gasteiger partial charge in [-0.3, -0.25) is 24.6 Å². The molecule has 3 aromatic carbocycles. The van der Waals surface area contributed by atoms with Crippen LogP contribution in [0.2, 0.25) is 0 Å². The minimum Gasteiger partial charge on any atom is -0.322 e. The summed E-state index contributed by atoms with van der Waals surface area (Å²) in [5, 5.41) is 13.4. The van der Waals surface area contributed by atoms with E-state index in [2.05, 4.69) is 19.2 Å². The van der Waals surface area contributed by atoms with Crippen molar-refractivity contribution >= 4 is 40.6 Å². The van der Waals surface area contributed by atoms with Crippen molar-refractivity contribution in [3.63, 3.8) is 0 Å². The van der Waals surface area contributed by atoms with Crippen molar-refractivity contribution in [3.05, 3.63) is 99.6 Å². The summed E-state index contributed by atoms with van der Waals surface area (Å²) in [5.41, 5.74) is 3.80. The van der Waals surface area contributed by atoms with E-state index in [0.717, 1.165) is 11.3 Å². The summed E-state index contributed by atoms with van der Waals surface area (Å²) in [6.07, 6.45) is 0. The Morgan fingerprint density at radius 2 is 1.79 bits per heavy atom. The molecule has 0 aromatic heterocycles. The molecule has 4 rings (SSSR count). The summed E-state index contributed by atoms with van der Waals surface area (Å²) in [5.74, 6) is 0.478. The van der Waals surface area contributed by atoms with Crippen molar-refractivity contribution < 1.29 is 14.5 Å². The van der Waals surface area contributed by atoms with Gasteiger partial charge >= 0.3 is 0 Å². The Kier molecular flexibility index (Phi) is 6.46. The molecule has 8 heteroatoms. The SMILES string of the molecule is CC(C)c1ccc(N2C(=O)CSC2c2cccc(NC(=O)c3ccc([N+](=O)[O-])cc3)c2)cc1. The van der Waals surface area contributed by atoms with Crippen LogP contribution in [0, 0.1) is 10.1 Å². The molecule has 7 nitrogen and oxygen atoms in total. The number of hydrogen-bond donors (Lipinski definition) is 1. The average molecular weight is 462 g/mol. The van der Waals surface area contributed by atoms with Crippen molar-refractivity contribution in [2.45, 2.75) is 25.1 Å². The predicted molar refractivity (Wildman–Crippen MR) is 131 cm³/mol. The van der Waals surface area contributed by atoms with Crippen LogP contribution >= 0.6 is 11.8 Å². The number of thioether (sulfide) groups is 1. The maximum Gasteiger partial charge on any atom is 0.269 e. The highest BCUT2D eigenvalue weighted by Crippen LogP contribution is 2.42. The molecule has 2 amide bonds. The summed E-state index contributed by atoms with van der Waals surface area (Å²) >= 11 is 1.55. The second-order valence-electron chi connectivity index (χ2n) is 8.06. The number of carbonyl (C=O) groups is 2. The van der Waals surface area contributed by atoms with Gasteiger partial charge in [-0.1, -0.05) is 38.1 Å². The van der Waals surface area contributed by atoms with Gasteiger partial charge in [0.2, 0.25) is 5.91 Å². The molecule has 0 radical (unpaired) electrons. The van der Waals surface area contributed by atoms with Crippen molar-refractivity contribution in [2.24, 2.45) is 0 Å². The van der Waals surface area contributed by atoms with Crippen LogP contribution in [-0.2, 0) is 4.79 Å². The van der Waals surface area contributed by atoms with E-state index in [1.807, 2.05) is 42.5 Å². The molecule has 1 atom stereocenters. The van der Waals surface area contributed by atoms with Gasteiger partial charge in [-0.15, -0.1) is 11.8 Å². The molecule has 1 aliphatic rings. The van der Waals surface area contributed by atoms with E-state index >= 15 is 0 Å². The van der Waals surface area contributed by atoms with Crippen molar-refractivity contribution in [2.75, 3.05) is 16.0 Å². The summed E-state index contributed by atoms with van der Waals surface area (Å²) in [4.78, 5) is 37.4. The molecule has 0 bridgehead atoms. The van der Waals surface area contributed by atoms with Gasteiger partial charge in [0.05, 0.1) is 10.7 Å². The van der Waals surface area contributed by atoms with Crippen molar-refractivity contribution in [1.29, 1.82) is 0 Å². The number of amides is 2. The highest BCUT2D eigenvalue weighted by Gasteiger charge is 2.34. The highest BCUT2D eigenvalue weighted by atomic mass is 32.2. The number of anilines is 2. The van der Waals surface area contributed by atoms with Gasteiger partial charge in [0.25, 0.3) is 11.6 Å². The Morgan fingerprint density at radius 3 is 2.42 bits per heavy atom. The maximum atomic E-state index is 12.7. The molecule has 1 N–H and O–H groups in total. The van der Waals surface area contributed by atoms with Crippen LogP contribution in [0.3, 0.4) is 0 Å². The summed E-state index contributed by atoms with van der Waals surface area (Å²) < 4.78 is 0. The van der Waals surface area contributed by atoms with Crippen LogP contribution in [0.1, 0.15) is 46.6 Å². The number of nitrogens with one attached hydrogen (secondary N) is 1. The molecule has 33 heavy (non-hydrogen) atoms. The first-order valence-corrected chi connectivity index (χ1v) is 11.6. The predicted octanol–water partition coefficient (Wildman–Crippen LogP) is 5.75. The smallest absolute Gasteiger partial charge is 0.269 e. The lowest BCUT2D eigenvalue weighted by Crippen LogP contribution is -2.27.